The number of nitrogens with zero attached hydrogens (tertiary/aromatic N) is 6. The van der Waals surface area contributed by atoms with Gasteiger partial charge in [0.2, 0.25) is 11.7 Å². The average Bonchev–Trinajstić information content (AvgIpc) is 3.30. The Balaban J connectivity index is 1.44. The van der Waals surface area contributed by atoms with Gasteiger partial charge in [-0.15, -0.1) is 0 Å². The summed E-state index contributed by atoms with van der Waals surface area (Å²) in [5.74, 6) is 2.97. The molecular formula is C16H20N6O2. The van der Waals surface area contributed by atoms with Crippen LogP contribution in [0.15, 0.2) is 27.5 Å². The van der Waals surface area contributed by atoms with Gasteiger partial charge >= 0.3 is 0 Å². The van der Waals surface area contributed by atoms with E-state index in [1.807, 2.05) is 24.6 Å². The summed E-state index contributed by atoms with van der Waals surface area (Å²) in [6.45, 7) is 6.44. The Hall–Kier alpha value is -2.48. The lowest BCUT2D eigenvalue weighted by molar-refractivity contribution is 0.191. The molecule has 8 nitrogen and oxygen atoms in total. The fourth-order valence-corrected chi connectivity index (χ4v) is 3.25. The molecule has 3 aromatic heterocycles. The van der Waals surface area contributed by atoms with E-state index < -0.39 is 0 Å². The number of aromatic nitrogens is 5. The molecule has 0 unspecified atom stereocenters. The molecule has 0 aromatic carbocycles. The Kier molecular flexibility index (Phi) is 3.89. The first kappa shape index (κ1) is 15.1. The molecular weight excluding hydrogens is 308 g/mol. The third kappa shape index (κ3) is 2.96. The second kappa shape index (κ2) is 6.20. The van der Waals surface area contributed by atoms with E-state index in [1.54, 1.807) is 12.5 Å². The van der Waals surface area contributed by atoms with E-state index >= 15 is 0 Å². The quantitative estimate of drug-likeness (QED) is 0.709. The Morgan fingerprint density at radius 2 is 2.21 bits per heavy atom. The number of rotatable bonds is 5. The van der Waals surface area contributed by atoms with E-state index in [0.717, 1.165) is 36.7 Å². The van der Waals surface area contributed by atoms with Crippen LogP contribution in [0, 0.1) is 13.8 Å². The van der Waals surface area contributed by atoms with Gasteiger partial charge < -0.3 is 8.94 Å². The lowest BCUT2D eigenvalue weighted by Gasteiger charge is -2.22. The summed E-state index contributed by atoms with van der Waals surface area (Å²) in [6, 6.07) is 2.23. The van der Waals surface area contributed by atoms with Crippen LogP contribution in [0.3, 0.4) is 0 Å². The van der Waals surface area contributed by atoms with Crippen LogP contribution in [-0.4, -0.2) is 42.4 Å². The SMILES string of the molecule is Cc1nc(C)n(C[C@H]2CCCN2Cc2nc(-c3ccoc3)no2)n1. The monoisotopic (exact) mass is 328 g/mol. The van der Waals surface area contributed by atoms with Crippen molar-refractivity contribution in [3.63, 3.8) is 0 Å². The van der Waals surface area contributed by atoms with Crippen molar-refractivity contribution in [3.05, 3.63) is 36.1 Å². The standard InChI is InChI=1S/C16H20N6O2/c1-11-17-12(2)22(19-11)8-14-4-3-6-21(14)9-15-18-16(20-24-15)13-5-7-23-10-13/h5,7,10,14H,3-4,6,8-9H2,1-2H3/t14-/m1/s1. The number of hydrogen-bond acceptors (Lipinski definition) is 7. The van der Waals surface area contributed by atoms with E-state index in [-0.39, 0.29) is 0 Å². The van der Waals surface area contributed by atoms with Gasteiger partial charge in [0.1, 0.15) is 17.9 Å². The first-order chi connectivity index (χ1) is 11.7. The van der Waals surface area contributed by atoms with E-state index in [4.69, 9.17) is 8.94 Å². The molecule has 0 N–H and O–H groups in total. The molecule has 3 aromatic rings. The predicted molar refractivity (Wildman–Crippen MR) is 84.9 cm³/mol. The van der Waals surface area contributed by atoms with Gasteiger partial charge in [-0.2, -0.15) is 10.1 Å². The first-order valence-electron chi connectivity index (χ1n) is 8.16. The number of hydrogen-bond donors (Lipinski definition) is 0. The largest absolute Gasteiger partial charge is 0.472 e. The van der Waals surface area contributed by atoms with Crippen molar-refractivity contribution < 1.29 is 8.94 Å². The van der Waals surface area contributed by atoms with Crippen molar-refractivity contribution in [2.45, 2.75) is 45.8 Å². The molecule has 0 spiro atoms. The van der Waals surface area contributed by atoms with Crippen molar-refractivity contribution in [2.24, 2.45) is 0 Å². The summed E-state index contributed by atoms with van der Waals surface area (Å²) in [5, 5.41) is 8.50. The molecule has 0 aliphatic carbocycles. The Bertz CT molecular complexity index is 807. The fraction of sp³-hybridized carbons (Fsp3) is 0.500. The molecule has 0 radical (unpaired) electrons. The van der Waals surface area contributed by atoms with Crippen LogP contribution >= 0.6 is 0 Å². The number of furan rings is 1. The molecule has 8 heteroatoms. The molecule has 1 atom stereocenters. The number of aryl methyl sites for hydroxylation is 2. The van der Waals surface area contributed by atoms with Crippen molar-refractivity contribution >= 4 is 0 Å². The van der Waals surface area contributed by atoms with Crippen LogP contribution in [0.5, 0.6) is 0 Å². The predicted octanol–water partition coefficient (Wildman–Crippen LogP) is 2.20. The highest BCUT2D eigenvalue weighted by atomic mass is 16.5. The summed E-state index contributed by atoms with van der Waals surface area (Å²) >= 11 is 0. The number of likely N-dealkylation sites (tertiary alicyclic amines) is 1. The van der Waals surface area contributed by atoms with E-state index in [9.17, 15) is 0 Å². The molecule has 1 saturated heterocycles. The maximum atomic E-state index is 5.40. The second-order valence-electron chi connectivity index (χ2n) is 6.18. The van der Waals surface area contributed by atoms with Gasteiger partial charge in [0, 0.05) is 6.04 Å². The van der Waals surface area contributed by atoms with Crippen LogP contribution in [0.2, 0.25) is 0 Å². The van der Waals surface area contributed by atoms with E-state index in [0.29, 0.717) is 24.3 Å². The van der Waals surface area contributed by atoms with Gasteiger partial charge in [0.05, 0.1) is 24.9 Å². The minimum absolute atomic E-state index is 0.411. The fourth-order valence-electron chi connectivity index (χ4n) is 3.25. The lowest BCUT2D eigenvalue weighted by atomic mass is 10.2. The minimum atomic E-state index is 0.411. The van der Waals surface area contributed by atoms with Gasteiger partial charge in [-0.3, -0.25) is 4.90 Å². The molecule has 0 bridgehead atoms. The zero-order valence-electron chi connectivity index (χ0n) is 13.8. The van der Waals surface area contributed by atoms with Crippen LogP contribution < -0.4 is 0 Å². The van der Waals surface area contributed by atoms with Crippen molar-refractivity contribution in [2.75, 3.05) is 6.54 Å². The topological polar surface area (TPSA) is 86.0 Å². The van der Waals surface area contributed by atoms with Crippen molar-refractivity contribution in [1.82, 2.24) is 29.8 Å². The minimum Gasteiger partial charge on any atom is -0.472 e. The normalized spacial score (nSPS) is 18.5. The maximum Gasteiger partial charge on any atom is 0.241 e. The zero-order chi connectivity index (χ0) is 16.5. The molecule has 126 valence electrons. The zero-order valence-corrected chi connectivity index (χ0v) is 13.8. The summed E-state index contributed by atoms with van der Waals surface area (Å²) in [4.78, 5) is 11.2. The third-order valence-electron chi connectivity index (χ3n) is 4.43. The molecule has 0 amide bonds. The van der Waals surface area contributed by atoms with Crippen LogP contribution in [-0.2, 0) is 13.1 Å². The molecule has 1 aliphatic rings. The van der Waals surface area contributed by atoms with E-state index in [2.05, 4.69) is 25.1 Å². The second-order valence-corrected chi connectivity index (χ2v) is 6.18. The molecule has 4 rings (SSSR count). The van der Waals surface area contributed by atoms with Gasteiger partial charge in [0.15, 0.2) is 0 Å². The van der Waals surface area contributed by atoms with Crippen LogP contribution in [0.1, 0.15) is 30.4 Å². The molecule has 1 fully saturated rings. The Morgan fingerprint density at radius 1 is 1.29 bits per heavy atom. The smallest absolute Gasteiger partial charge is 0.241 e. The molecule has 0 saturated carbocycles. The molecule has 4 heterocycles. The van der Waals surface area contributed by atoms with Crippen molar-refractivity contribution in [3.8, 4) is 11.4 Å². The van der Waals surface area contributed by atoms with Crippen LogP contribution in [0.4, 0.5) is 0 Å². The van der Waals surface area contributed by atoms with Crippen molar-refractivity contribution in [1.29, 1.82) is 0 Å². The maximum absolute atomic E-state index is 5.40. The van der Waals surface area contributed by atoms with Gasteiger partial charge in [-0.25, -0.2) is 9.67 Å². The lowest BCUT2D eigenvalue weighted by Crippen LogP contribution is -2.33. The molecule has 24 heavy (non-hydrogen) atoms. The Morgan fingerprint density at radius 3 is 2.96 bits per heavy atom. The van der Waals surface area contributed by atoms with E-state index in [1.165, 1.54) is 6.42 Å². The van der Waals surface area contributed by atoms with Gasteiger partial charge in [-0.05, 0) is 39.3 Å². The average molecular weight is 328 g/mol. The third-order valence-corrected chi connectivity index (χ3v) is 4.43. The highest BCUT2D eigenvalue weighted by Gasteiger charge is 2.27. The summed E-state index contributed by atoms with van der Waals surface area (Å²) in [7, 11) is 0. The first-order valence-corrected chi connectivity index (χ1v) is 8.16. The molecule has 1 aliphatic heterocycles. The summed E-state index contributed by atoms with van der Waals surface area (Å²) in [6.07, 6.45) is 5.52. The van der Waals surface area contributed by atoms with Gasteiger partial charge in [0.25, 0.3) is 0 Å². The van der Waals surface area contributed by atoms with Gasteiger partial charge in [-0.1, -0.05) is 5.16 Å². The summed E-state index contributed by atoms with van der Waals surface area (Å²) in [5.41, 5.74) is 0.830. The summed E-state index contributed by atoms with van der Waals surface area (Å²) < 4.78 is 12.4. The highest BCUT2D eigenvalue weighted by Crippen LogP contribution is 2.22. The Labute approximate surface area is 139 Å². The highest BCUT2D eigenvalue weighted by molar-refractivity contribution is 5.51. The van der Waals surface area contributed by atoms with Crippen LogP contribution in [0.25, 0.3) is 11.4 Å².